The van der Waals surface area contributed by atoms with Crippen LogP contribution in [-0.4, -0.2) is 30.3 Å². The molecule has 2 bridgehead atoms. The van der Waals surface area contributed by atoms with Gasteiger partial charge < -0.3 is 5.32 Å². The van der Waals surface area contributed by atoms with Crippen LogP contribution in [0.2, 0.25) is 0 Å². The highest BCUT2D eigenvalue weighted by Crippen LogP contribution is 2.54. The van der Waals surface area contributed by atoms with Crippen molar-refractivity contribution in [3.8, 4) is 0 Å². The number of nitrogens with zero attached hydrogens (tertiary/aromatic N) is 1. The van der Waals surface area contributed by atoms with E-state index in [1.54, 1.807) is 12.1 Å². The minimum absolute atomic E-state index is 0.0511. The van der Waals surface area contributed by atoms with Crippen LogP contribution in [0.25, 0.3) is 0 Å². The monoisotopic (exact) mass is 393 g/mol. The van der Waals surface area contributed by atoms with E-state index in [4.69, 9.17) is 0 Å². The summed E-state index contributed by atoms with van der Waals surface area (Å²) in [7, 11) is 0. The fraction of sp³-hybridized carbons (Fsp3) is 0.417. The molecule has 29 heavy (non-hydrogen) atoms. The number of quaternary nitrogens is 1. The van der Waals surface area contributed by atoms with Crippen molar-refractivity contribution in [1.29, 1.82) is 0 Å². The van der Waals surface area contributed by atoms with Gasteiger partial charge in [0.2, 0.25) is 5.78 Å². The van der Waals surface area contributed by atoms with Crippen LogP contribution in [0, 0.1) is 5.82 Å². The molecule has 0 radical (unpaired) electrons. The predicted molar refractivity (Wildman–Crippen MR) is 111 cm³/mol. The number of hydrogen-bond donors (Lipinski definition) is 1. The van der Waals surface area contributed by atoms with Crippen LogP contribution in [0.1, 0.15) is 50.0 Å². The van der Waals surface area contributed by atoms with E-state index in [2.05, 4.69) is 11.4 Å². The fourth-order valence-electron chi connectivity index (χ4n) is 5.96. The highest BCUT2D eigenvalue weighted by molar-refractivity contribution is 6.42. The second-order valence-electron chi connectivity index (χ2n) is 8.70. The number of Topliss-reactive ketones (excluding diaryl/α,β-unsaturated/α-hetero) is 1. The van der Waals surface area contributed by atoms with Gasteiger partial charge in [-0.2, -0.15) is 0 Å². The van der Waals surface area contributed by atoms with Gasteiger partial charge in [-0.1, -0.05) is 36.8 Å². The summed E-state index contributed by atoms with van der Waals surface area (Å²) >= 11 is 0. The molecule has 0 aromatic heterocycles. The first-order valence-electron chi connectivity index (χ1n) is 10.7. The largest absolute Gasteiger partial charge is 0.317 e. The summed E-state index contributed by atoms with van der Waals surface area (Å²) in [5, 5.41) is 2.48. The Kier molecular flexibility index (Phi) is 4.50. The summed E-state index contributed by atoms with van der Waals surface area (Å²) in [6.45, 7) is 0.665. The second-order valence-corrected chi connectivity index (χ2v) is 8.70. The average Bonchev–Trinajstić information content (AvgIpc) is 3.06. The van der Waals surface area contributed by atoms with Crippen molar-refractivity contribution in [2.45, 2.75) is 56.5 Å². The SMILES string of the molecule is O=C(Nc1ccccc1F)C(=O)C1C[N+]2(c3ccccc31)C1CCCCCC2C1. The van der Waals surface area contributed by atoms with Gasteiger partial charge >= 0.3 is 0 Å². The number of anilines is 1. The Morgan fingerprint density at radius 3 is 2.38 bits per heavy atom. The Balaban J connectivity index is 1.45. The predicted octanol–water partition coefficient (Wildman–Crippen LogP) is 4.54. The topological polar surface area (TPSA) is 46.2 Å². The maximum atomic E-state index is 13.9. The molecule has 3 unspecified atom stereocenters. The van der Waals surface area contributed by atoms with Crippen molar-refractivity contribution in [2.75, 3.05) is 11.9 Å². The van der Waals surface area contributed by atoms with E-state index in [1.807, 2.05) is 18.2 Å². The molecule has 3 aliphatic heterocycles. The number of ketones is 1. The zero-order valence-electron chi connectivity index (χ0n) is 16.4. The van der Waals surface area contributed by atoms with Crippen LogP contribution in [0.5, 0.6) is 0 Å². The quantitative estimate of drug-likeness (QED) is 0.615. The number of fused-ring (bicyclic) bond motifs is 1. The molecular formula is C24H26FN2O2+. The van der Waals surface area contributed by atoms with E-state index < -0.39 is 23.4 Å². The Bertz CT molecular complexity index is 957. The van der Waals surface area contributed by atoms with Crippen LogP contribution in [0.3, 0.4) is 0 Å². The molecule has 0 saturated carbocycles. The third-order valence-corrected chi connectivity index (χ3v) is 7.33. The summed E-state index contributed by atoms with van der Waals surface area (Å²) in [6, 6.07) is 15.2. The molecule has 0 aliphatic carbocycles. The van der Waals surface area contributed by atoms with Crippen LogP contribution in [-0.2, 0) is 9.59 Å². The van der Waals surface area contributed by atoms with Gasteiger partial charge in [-0.3, -0.25) is 14.1 Å². The Hall–Kier alpha value is -2.53. The number of hydrogen-bond acceptors (Lipinski definition) is 2. The highest BCUT2D eigenvalue weighted by atomic mass is 19.1. The molecule has 150 valence electrons. The minimum Gasteiger partial charge on any atom is -0.317 e. The van der Waals surface area contributed by atoms with Gasteiger partial charge in [0.05, 0.1) is 30.7 Å². The first-order valence-corrected chi connectivity index (χ1v) is 10.7. The number of halogens is 1. The number of para-hydroxylation sites is 2. The van der Waals surface area contributed by atoms with Gasteiger partial charge in [-0.15, -0.1) is 0 Å². The van der Waals surface area contributed by atoms with Crippen molar-refractivity contribution in [1.82, 2.24) is 4.48 Å². The Morgan fingerprint density at radius 1 is 0.931 bits per heavy atom. The minimum atomic E-state index is -0.726. The normalized spacial score (nSPS) is 30.0. The molecular weight excluding hydrogens is 367 g/mol. The number of benzene rings is 2. The first kappa shape index (κ1) is 18.5. The maximum Gasteiger partial charge on any atom is 0.292 e. The average molecular weight is 393 g/mol. The molecule has 3 atom stereocenters. The summed E-state index contributed by atoms with van der Waals surface area (Å²) in [4.78, 5) is 25.9. The maximum absolute atomic E-state index is 13.9. The van der Waals surface area contributed by atoms with Crippen LogP contribution in [0.4, 0.5) is 15.8 Å². The van der Waals surface area contributed by atoms with E-state index in [-0.39, 0.29) is 5.69 Å². The smallest absolute Gasteiger partial charge is 0.292 e. The van der Waals surface area contributed by atoms with E-state index in [0.717, 1.165) is 10.0 Å². The summed E-state index contributed by atoms with van der Waals surface area (Å²) < 4.78 is 14.8. The van der Waals surface area contributed by atoms with E-state index in [9.17, 15) is 14.0 Å². The number of rotatable bonds is 3. The van der Waals surface area contributed by atoms with Crippen molar-refractivity contribution in [2.24, 2.45) is 0 Å². The molecule has 2 aromatic rings. The molecule has 3 aliphatic rings. The molecule has 2 fully saturated rings. The number of carbonyl (C=O) groups is 2. The third kappa shape index (κ3) is 2.83. The molecule has 1 N–H and O–H groups in total. The molecule has 5 heteroatoms. The zero-order valence-corrected chi connectivity index (χ0v) is 16.4. The first-order chi connectivity index (χ1) is 14.1. The standard InChI is InChI=1S/C24H25FN2O2/c25-20-11-5-6-12-21(20)26-24(29)23(28)19-15-27(22-13-7-4-10-18(19)22)16-8-2-1-3-9-17(27)14-16/h4-7,10-13,16-17,19H,1-3,8-9,14-15H2/p+1. The van der Waals surface area contributed by atoms with Gasteiger partial charge in [0.15, 0.2) is 0 Å². The summed E-state index contributed by atoms with van der Waals surface area (Å²) in [6.07, 6.45) is 7.37. The summed E-state index contributed by atoms with van der Waals surface area (Å²) in [5.74, 6) is -2.18. The Labute approximate surface area is 170 Å². The van der Waals surface area contributed by atoms with E-state index in [0.29, 0.717) is 18.6 Å². The molecule has 5 rings (SSSR count). The van der Waals surface area contributed by atoms with Crippen molar-refractivity contribution < 1.29 is 14.0 Å². The lowest BCUT2D eigenvalue weighted by Crippen LogP contribution is -2.72. The van der Waals surface area contributed by atoms with Gasteiger partial charge in [0.1, 0.15) is 17.4 Å². The highest BCUT2D eigenvalue weighted by Gasteiger charge is 2.62. The van der Waals surface area contributed by atoms with Gasteiger partial charge in [0.25, 0.3) is 5.91 Å². The third-order valence-electron chi connectivity index (χ3n) is 7.33. The Morgan fingerprint density at radius 2 is 1.62 bits per heavy atom. The van der Waals surface area contributed by atoms with Crippen LogP contribution in [0.15, 0.2) is 48.5 Å². The second kappa shape index (κ2) is 7.06. The lowest BCUT2D eigenvalue weighted by molar-refractivity contribution is -0.136. The van der Waals surface area contributed by atoms with Crippen molar-refractivity contribution >= 4 is 23.1 Å². The molecule has 4 nitrogen and oxygen atoms in total. The molecule has 2 aromatic carbocycles. The van der Waals surface area contributed by atoms with Gasteiger partial charge in [-0.05, 0) is 31.0 Å². The van der Waals surface area contributed by atoms with Gasteiger partial charge in [0, 0.05) is 18.4 Å². The van der Waals surface area contributed by atoms with Gasteiger partial charge in [-0.25, -0.2) is 4.39 Å². The zero-order chi connectivity index (χ0) is 20.0. The van der Waals surface area contributed by atoms with E-state index >= 15 is 0 Å². The van der Waals surface area contributed by atoms with Crippen molar-refractivity contribution in [3.63, 3.8) is 0 Å². The van der Waals surface area contributed by atoms with E-state index in [1.165, 1.54) is 56.3 Å². The lowest BCUT2D eigenvalue weighted by Gasteiger charge is -2.57. The van der Waals surface area contributed by atoms with Crippen LogP contribution >= 0.6 is 0 Å². The lowest BCUT2D eigenvalue weighted by atomic mass is 9.78. The van der Waals surface area contributed by atoms with Crippen molar-refractivity contribution in [3.05, 3.63) is 59.9 Å². The molecule has 2 saturated heterocycles. The van der Waals surface area contributed by atoms with Crippen LogP contribution < -0.4 is 9.80 Å². The number of carbonyl (C=O) groups excluding carboxylic acids is 2. The fourth-order valence-corrected chi connectivity index (χ4v) is 5.96. The molecule has 1 amide bonds. The molecule has 3 heterocycles. The number of amides is 1. The number of nitrogens with one attached hydrogen (secondary N) is 1. The summed E-state index contributed by atoms with van der Waals surface area (Å²) in [5.41, 5.74) is 2.26. The molecule has 1 spiro atoms.